The number of hydrogen-bond donors (Lipinski definition) is 1. The van der Waals surface area contributed by atoms with Gasteiger partial charge < -0.3 is 14.8 Å². The molecule has 0 bridgehead atoms. The van der Waals surface area contributed by atoms with Gasteiger partial charge in [0.05, 0.1) is 16.4 Å². The fourth-order valence-corrected chi connectivity index (χ4v) is 4.37. The number of nitrogens with zero attached hydrogens (tertiary/aromatic N) is 2. The molecule has 0 atom stereocenters. The Morgan fingerprint density at radius 2 is 1.92 bits per heavy atom. The van der Waals surface area contributed by atoms with Gasteiger partial charge in [0.1, 0.15) is 5.01 Å². The zero-order valence-electron chi connectivity index (χ0n) is 14.8. The Balaban J connectivity index is 1.29. The first-order valence-corrected chi connectivity index (χ1v) is 10.4. The van der Waals surface area contributed by atoms with Crippen molar-refractivity contribution in [3.8, 4) is 22.1 Å². The van der Waals surface area contributed by atoms with Gasteiger partial charge in [-0.05, 0) is 18.2 Å². The molecule has 5 nitrogen and oxygen atoms in total. The van der Waals surface area contributed by atoms with E-state index < -0.39 is 0 Å². The van der Waals surface area contributed by atoms with E-state index in [4.69, 9.17) is 14.5 Å². The van der Waals surface area contributed by atoms with Crippen LogP contribution < -0.4 is 14.8 Å². The molecule has 1 aromatic carbocycles. The monoisotopic (exact) mass is 387 g/mol. The SMILES string of the molecule is CC(C)c1nc(CCNCc2csc(-c3ccc4c(c3)OCO4)n2)cs1. The second kappa shape index (κ2) is 7.73. The molecule has 0 aliphatic carbocycles. The molecule has 2 aromatic heterocycles. The number of ether oxygens (including phenoxy) is 2. The van der Waals surface area contributed by atoms with E-state index in [1.807, 2.05) is 18.2 Å². The van der Waals surface area contributed by atoms with E-state index in [-0.39, 0.29) is 0 Å². The van der Waals surface area contributed by atoms with E-state index in [1.54, 1.807) is 22.7 Å². The van der Waals surface area contributed by atoms with Crippen molar-refractivity contribution < 1.29 is 9.47 Å². The van der Waals surface area contributed by atoms with Gasteiger partial charge in [-0.3, -0.25) is 0 Å². The maximum absolute atomic E-state index is 5.44. The number of rotatable bonds is 7. The Bertz CT molecular complexity index is 889. The molecular formula is C19H21N3O2S2. The van der Waals surface area contributed by atoms with E-state index >= 15 is 0 Å². The van der Waals surface area contributed by atoms with Crippen LogP contribution in [0.4, 0.5) is 0 Å². The highest BCUT2D eigenvalue weighted by atomic mass is 32.1. The summed E-state index contributed by atoms with van der Waals surface area (Å²) in [5.74, 6) is 2.10. The highest BCUT2D eigenvalue weighted by Gasteiger charge is 2.15. The maximum atomic E-state index is 5.44. The van der Waals surface area contributed by atoms with Crippen molar-refractivity contribution in [1.82, 2.24) is 15.3 Å². The summed E-state index contributed by atoms with van der Waals surface area (Å²) in [5, 5.41) is 9.94. The Hall–Kier alpha value is -1.96. The van der Waals surface area contributed by atoms with Crippen molar-refractivity contribution in [1.29, 1.82) is 0 Å². The fraction of sp³-hybridized carbons (Fsp3) is 0.368. The van der Waals surface area contributed by atoms with E-state index in [0.717, 1.165) is 47.3 Å². The third-order valence-electron chi connectivity index (χ3n) is 4.10. The summed E-state index contributed by atoms with van der Waals surface area (Å²) in [6, 6.07) is 5.96. The zero-order chi connectivity index (χ0) is 17.9. The van der Waals surface area contributed by atoms with Crippen LogP contribution in [0.3, 0.4) is 0 Å². The van der Waals surface area contributed by atoms with Crippen LogP contribution in [0, 0.1) is 0 Å². The lowest BCUT2D eigenvalue weighted by molar-refractivity contribution is 0.174. The Labute approximate surface area is 161 Å². The van der Waals surface area contributed by atoms with E-state index in [9.17, 15) is 0 Å². The standard InChI is InChI=1S/C19H21N3O2S2/c1-12(2)18-21-14(9-25-18)5-6-20-8-15-10-26-19(22-15)13-3-4-16-17(7-13)24-11-23-16/h3-4,7,9-10,12,20H,5-6,8,11H2,1-2H3. The van der Waals surface area contributed by atoms with Crippen LogP contribution in [-0.4, -0.2) is 23.3 Å². The van der Waals surface area contributed by atoms with Gasteiger partial charge in [-0.25, -0.2) is 9.97 Å². The average Bonchev–Trinajstić information content (AvgIpc) is 3.37. The van der Waals surface area contributed by atoms with E-state index in [2.05, 4.69) is 34.9 Å². The molecule has 136 valence electrons. The van der Waals surface area contributed by atoms with E-state index in [1.165, 1.54) is 10.7 Å². The minimum atomic E-state index is 0.295. The number of nitrogens with one attached hydrogen (secondary N) is 1. The van der Waals surface area contributed by atoms with E-state index in [0.29, 0.717) is 12.7 Å². The van der Waals surface area contributed by atoms with Crippen molar-refractivity contribution >= 4 is 22.7 Å². The molecule has 0 unspecified atom stereocenters. The molecule has 1 N–H and O–H groups in total. The fourth-order valence-electron chi connectivity index (χ4n) is 2.69. The Morgan fingerprint density at radius 1 is 1.08 bits per heavy atom. The predicted octanol–water partition coefficient (Wildman–Crippen LogP) is 4.45. The number of hydrogen-bond acceptors (Lipinski definition) is 7. The zero-order valence-corrected chi connectivity index (χ0v) is 16.5. The maximum Gasteiger partial charge on any atom is 0.231 e. The molecule has 0 saturated heterocycles. The van der Waals surface area contributed by atoms with Crippen LogP contribution in [0.15, 0.2) is 29.0 Å². The van der Waals surface area contributed by atoms with Crippen LogP contribution in [0.25, 0.3) is 10.6 Å². The molecule has 0 amide bonds. The first-order chi connectivity index (χ1) is 12.7. The minimum Gasteiger partial charge on any atom is -0.454 e. The van der Waals surface area contributed by atoms with Crippen molar-refractivity contribution in [3.05, 3.63) is 45.4 Å². The summed E-state index contributed by atoms with van der Waals surface area (Å²) < 4.78 is 10.8. The molecule has 1 aliphatic heterocycles. The van der Waals surface area contributed by atoms with Crippen molar-refractivity contribution in [2.45, 2.75) is 32.7 Å². The lowest BCUT2D eigenvalue weighted by Gasteiger charge is -2.02. The van der Waals surface area contributed by atoms with Crippen LogP contribution in [-0.2, 0) is 13.0 Å². The van der Waals surface area contributed by atoms with Gasteiger partial charge in [-0.1, -0.05) is 13.8 Å². The number of fused-ring (bicyclic) bond motifs is 1. The second-order valence-electron chi connectivity index (χ2n) is 6.47. The first kappa shape index (κ1) is 17.5. The largest absolute Gasteiger partial charge is 0.454 e. The van der Waals surface area contributed by atoms with Gasteiger partial charge in [-0.2, -0.15) is 0 Å². The van der Waals surface area contributed by atoms with Gasteiger partial charge in [0.15, 0.2) is 11.5 Å². The van der Waals surface area contributed by atoms with Crippen LogP contribution in [0.1, 0.15) is 36.2 Å². The third-order valence-corrected chi connectivity index (χ3v) is 6.23. The lowest BCUT2D eigenvalue weighted by atomic mass is 10.2. The molecule has 0 saturated carbocycles. The summed E-state index contributed by atoms with van der Waals surface area (Å²) in [7, 11) is 0. The molecule has 0 radical (unpaired) electrons. The Morgan fingerprint density at radius 3 is 2.77 bits per heavy atom. The minimum absolute atomic E-state index is 0.295. The first-order valence-electron chi connectivity index (χ1n) is 8.68. The Kier molecular flexibility index (Phi) is 5.19. The normalized spacial score (nSPS) is 12.9. The van der Waals surface area contributed by atoms with Gasteiger partial charge in [0.25, 0.3) is 0 Å². The average molecular weight is 388 g/mol. The molecule has 4 rings (SSSR count). The predicted molar refractivity (Wildman–Crippen MR) is 105 cm³/mol. The summed E-state index contributed by atoms with van der Waals surface area (Å²) in [5.41, 5.74) is 3.29. The summed E-state index contributed by atoms with van der Waals surface area (Å²) in [4.78, 5) is 9.39. The van der Waals surface area contributed by atoms with Crippen LogP contribution >= 0.6 is 22.7 Å². The summed E-state index contributed by atoms with van der Waals surface area (Å²) in [6.45, 7) is 6.32. The molecular weight excluding hydrogens is 366 g/mol. The van der Waals surface area contributed by atoms with Crippen molar-refractivity contribution in [2.24, 2.45) is 0 Å². The molecule has 0 spiro atoms. The van der Waals surface area contributed by atoms with Gasteiger partial charge >= 0.3 is 0 Å². The molecule has 3 heterocycles. The van der Waals surface area contributed by atoms with Crippen molar-refractivity contribution in [3.63, 3.8) is 0 Å². The van der Waals surface area contributed by atoms with Gasteiger partial charge in [0, 0.05) is 41.8 Å². The summed E-state index contributed by atoms with van der Waals surface area (Å²) in [6.07, 6.45) is 0.947. The van der Waals surface area contributed by atoms with Crippen LogP contribution in [0.5, 0.6) is 11.5 Å². The summed E-state index contributed by atoms with van der Waals surface area (Å²) >= 11 is 3.40. The van der Waals surface area contributed by atoms with Gasteiger partial charge in [-0.15, -0.1) is 22.7 Å². The lowest BCUT2D eigenvalue weighted by Crippen LogP contribution is -2.17. The smallest absolute Gasteiger partial charge is 0.231 e. The number of aromatic nitrogens is 2. The van der Waals surface area contributed by atoms with Crippen molar-refractivity contribution in [2.75, 3.05) is 13.3 Å². The molecule has 0 fully saturated rings. The number of thiazole rings is 2. The second-order valence-corrected chi connectivity index (χ2v) is 8.22. The highest BCUT2D eigenvalue weighted by Crippen LogP contribution is 2.36. The molecule has 7 heteroatoms. The molecule has 3 aromatic rings. The molecule has 26 heavy (non-hydrogen) atoms. The number of benzene rings is 1. The molecule has 1 aliphatic rings. The van der Waals surface area contributed by atoms with Crippen LogP contribution in [0.2, 0.25) is 0 Å². The van der Waals surface area contributed by atoms with Gasteiger partial charge in [0.2, 0.25) is 6.79 Å². The quantitative estimate of drug-likeness (QED) is 0.607. The third kappa shape index (κ3) is 3.90. The topological polar surface area (TPSA) is 56.3 Å². The highest BCUT2D eigenvalue weighted by molar-refractivity contribution is 7.13.